The van der Waals surface area contributed by atoms with Crippen LogP contribution in [0.1, 0.15) is 16.1 Å². The standard InChI is InChI=1S/C16H16Cl2N6O/c1-9-12-5-10(7-22-15(12)24(2)23-9)16(25)20-4-3-19-14-13(18)6-11(17)8-21-14/h5-8H,3-4H2,1-2H3,(H,19,21)(H,20,25). The van der Waals surface area contributed by atoms with Crippen LogP contribution in [0.3, 0.4) is 0 Å². The van der Waals surface area contributed by atoms with Crippen molar-refractivity contribution in [1.29, 1.82) is 0 Å². The molecular weight excluding hydrogens is 363 g/mol. The normalized spacial score (nSPS) is 10.9. The Morgan fingerprint density at radius 2 is 2.00 bits per heavy atom. The molecule has 0 bridgehead atoms. The number of aryl methyl sites for hydroxylation is 2. The van der Waals surface area contributed by atoms with Crippen molar-refractivity contribution in [1.82, 2.24) is 25.1 Å². The maximum atomic E-state index is 12.3. The molecule has 0 saturated carbocycles. The van der Waals surface area contributed by atoms with Crippen LogP contribution in [0, 0.1) is 6.92 Å². The van der Waals surface area contributed by atoms with E-state index in [1.165, 1.54) is 6.20 Å². The molecule has 0 saturated heterocycles. The fourth-order valence-electron chi connectivity index (χ4n) is 2.44. The summed E-state index contributed by atoms with van der Waals surface area (Å²) in [5.41, 5.74) is 2.08. The molecule has 1 amide bonds. The number of rotatable bonds is 5. The molecule has 3 rings (SSSR count). The highest BCUT2D eigenvalue weighted by molar-refractivity contribution is 6.35. The first-order valence-electron chi connectivity index (χ1n) is 7.58. The SMILES string of the molecule is Cc1nn(C)c2ncc(C(=O)NCCNc3ncc(Cl)cc3Cl)cc12. The second-order valence-corrected chi connectivity index (χ2v) is 6.31. The van der Waals surface area contributed by atoms with E-state index >= 15 is 0 Å². The highest BCUT2D eigenvalue weighted by Crippen LogP contribution is 2.22. The van der Waals surface area contributed by atoms with Crippen LogP contribution in [0.15, 0.2) is 24.5 Å². The lowest BCUT2D eigenvalue weighted by molar-refractivity contribution is 0.0955. The van der Waals surface area contributed by atoms with Crippen LogP contribution >= 0.6 is 23.2 Å². The number of hydrogen-bond acceptors (Lipinski definition) is 5. The minimum atomic E-state index is -0.199. The quantitative estimate of drug-likeness (QED) is 0.666. The van der Waals surface area contributed by atoms with Crippen molar-refractivity contribution in [3.63, 3.8) is 0 Å². The maximum Gasteiger partial charge on any atom is 0.252 e. The van der Waals surface area contributed by atoms with E-state index in [9.17, 15) is 4.79 Å². The fraction of sp³-hybridized carbons (Fsp3) is 0.250. The minimum absolute atomic E-state index is 0.199. The highest BCUT2D eigenvalue weighted by atomic mass is 35.5. The Balaban J connectivity index is 1.58. The summed E-state index contributed by atoms with van der Waals surface area (Å²) < 4.78 is 1.69. The van der Waals surface area contributed by atoms with Crippen molar-refractivity contribution in [3.05, 3.63) is 45.8 Å². The molecule has 0 aliphatic rings. The summed E-state index contributed by atoms with van der Waals surface area (Å²) in [6.45, 7) is 2.77. The van der Waals surface area contributed by atoms with E-state index in [2.05, 4.69) is 25.7 Å². The second-order valence-electron chi connectivity index (χ2n) is 5.47. The predicted molar refractivity (Wildman–Crippen MR) is 98.3 cm³/mol. The molecule has 0 aliphatic heterocycles. The lowest BCUT2D eigenvalue weighted by atomic mass is 10.2. The Hall–Kier alpha value is -2.38. The lowest BCUT2D eigenvalue weighted by Gasteiger charge is -2.09. The molecule has 0 unspecified atom stereocenters. The Morgan fingerprint density at radius 1 is 1.20 bits per heavy atom. The first kappa shape index (κ1) is 17.4. The van der Waals surface area contributed by atoms with Crippen LogP contribution in [-0.2, 0) is 7.05 Å². The number of amides is 1. The van der Waals surface area contributed by atoms with Gasteiger partial charge >= 0.3 is 0 Å². The topological polar surface area (TPSA) is 84.7 Å². The summed E-state index contributed by atoms with van der Waals surface area (Å²) in [4.78, 5) is 20.7. The molecule has 0 fully saturated rings. The van der Waals surface area contributed by atoms with E-state index in [1.54, 1.807) is 23.0 Å². The molecule has 7 nitrogen and oxygen atoms in total. The maximum absolute atomic E-state index is 12.3. The van der Waals surface area contributed by atoms with Gasteiger partial charge in [-0.05, 0) is 19.1 Å². The van der Waals surface area contributed by atoms with Crippen molar-refractivity contribution >= 4 is 46.0 Å². The van der Waals surface area contributed by atoms with E-state index in [0.29, 0.717) is 34.5 Å². The lowest BCUT2D eigenvalue weighted by Crippen LogP contribution is -2.29. The van der Waals surface area contributed by atoms with Gasteiger partial charge in [-0.1, -0.05) is 23.2 Å². The number of halogens is 2. The van der Waals surface area contributed by atoms with Crippen LogP contribution in [0.4, 0.5) is 5.82 Å². The molecule has 25 heavy (non-hydrogen) atoms. The first-order valence-corrected chi connectivity index (χ1v) is 8.34. The molecule has 130 valence electrons. The van der Waals surface area contributed by atoms with E-state index in [4.69, 9.17) is 23.2 Å². The fourth-order valence-corrected chi connectivity index (χ4v) is 2.88. The van der Waals surface area contributed by atoms with Crippen LogP contribution < -0.4 is 10.6 Å². The smallest absolute Gasteiger partial charge is 0.252 e. The third-order valence-electron chi connectivity index (χ3n) is 3.64. The van der Waals surface area contributed by atoms with Gasteiger partial charge in [0.1, 0.15) is 5.82 Å². The zero-order valence-electron chi connectivity index (χ0n) is 13.7. The summed E-state index contributed by atoms with van der Waals surface area (Å²) in [7, 11) is 1.82. The van der Waals surface area contributed by atoms with Gasteiger partial charge in [0.15, 0.2) is 5.65 Å². The summed E-state index contributed by atoms with van der Waals surface area (Å²) >= 11 is 11.8. The van der Waals surface area contributed by atoms with Gasteiger partial charge in [0.2, 0.25) is 0 Å². The molecule has 2 N–H and O–H groups in total. The van der Waals surface area contributed by atoms with Gasteiger partial charge in [-0.2, -0.15) is 5.10 Å². The highest BCUT2D eigenvalue weighted by Gasteiger charge is 2.11. The van der Waals surface area contributed by atoms with Gasteiger partial charge in [0, 0.05) is 37.9 Å². The Morgan fingerprint density at radius 3 is 2.76 bits per heavy atom. The number of nitrogens with zero attached hydrogens (tertiary/aromatic N) is 4. The predicted octanol–water partition coefficient (Wildman–Crippen LogP) is 2.82. The zero-order chi connectivity index (χ0) is 18.0. The average molecular weight is 379 g/mol. The number of nitrogens with one attached hydrogen (secondary N) is 2. The summed E-state index contributed by atoms with van der Waals surface area (Å²) in [6.07, 6.45) is 3.05. The molecule has 0 atom stereocenters. The van der Waals surface area contributed by atoms with Crippen molar-refractivity contribution in [3.8, 4) is 0 Å². The van der Waals surface area contributed by atoms with Crippen LogP contribution in [0.2, 0.25) is 10.0 Å². The summed E-state index contributed by atoms with van der Waals surface area (Å²) in [6, 6.07) is 3.40. The third-order valence-corrected chi connectivity index (χ3v) is 4.13. The van der Waals surface area contributed by atoms with Gasteiger partial charge in [0.05, 0.1) is 21.3 Å². The summed E-state index contributed by atoms with van der Waals surface area (Å²) in [5.74, 6) is 0.323. The zero-order valence-corrected chi connectivity index (χ0v) is 15.2. The monoisotopic (exact) mass is 378 g/mol. The number of hydrogen-bond donors (Lipinski definition) is 2. The molecular formula is C16H16Cl2N6O. The Kier molecular flexibility index (Phi) is 5.06. The second kappa shape index (κ2) is 7.25. The molecule has 3 aromatic rings. The summed E-state index contributed by atoms with van der Waals surface area (Å²) in [5, 5.41) is 11.9. The van der Waals surface area contributed by atoms with Crippen LogP contribution in [-0.4, -0.2) is 38.7 Å². The number of fused-ring (bicyclic) bond motifs is 1. The van der Waals surface area contributed by atoms with Crippen LogP contribution in [0.25, 0.3) is 11.0 Å². The van der Waals surface area contributed by atoms with Crippen molar-refractivity contribution in [2.45, 2.75) is 6.92 Å². The van der Waals surface area contributed by atoms with Crippen molar-refractivity contribution in [2.75, 3.05) is 18.4 Å². The van der Waals surface area contributed by atoms with E-state index in [-0.39, 0.29) is 5.91 Å². The molecule has 0 aromatic carbocycles. The number of anilines is 1. The largest absolute Gasteiger partial charge is 0.367 e. The number of pyridine rings is 2. The van der Waals surface area contributed by atoms with Crippen molar-refractivity contribution < 1.29 is 4.79 Å². The molecule has 3 aromatic heterocycles. The van der Waals surface area contributed by atoms with E-state index in [0.717, 1.165) is 16.7 Å². The van der Waals surface area contributed by atoms with Gasteiger partial charge in [-0.15, -0.1) is 0 Å². The molecule has 0 spiro atoms. The van der Waals surface area contributed by atoms with Gasteiger partial charge in [-0.3, -0.25) is 9.48 Å². The van der Waals surface area contributed by atoms with E-state index < -0.39 is 0 Å². The third kappa shape index (κ3) is 3.83. The van der Waals surface area contributed by atoms with Gasteiger partial charge in [-0.25, -0.2) is 9.97 Å². The number of aromatic nitrogens is 4. The molecule has 9 heteroatoms. The van der Waals surface area contributed by atoms with Gasteiger partial charge < -0.3 is 10.6 Å². The molecule has 0 aliphatic carbocycles. The Bertz CT molecular complexity index is 940. The Labute approximate surface area is 154 Å². The minimum Gasteiger partial charge on any atom is -0.367 e. The first-order chi connectivity index (χ1) is 12.0. The van der Waals surface area contributed by atoms with Crippen LogP contribution in [0.5, 0.6) is 0 Å². The van der Waals surface area contributed by atoms with Crippen molar-refractivity contribution in [2.24, 2.45) is 7.05 Å². The van der Waals surface area contributed by atoms with Gasteiger partial charge in [0.25, 0.3) is 5.91 Å². The number of carbonyl (C=O) groups excluding carboxylic acids is 1. The van der Waals surface area contributed by atoms with E-state index in [1.807, 2.05) is 14.0 Å². The molecule has 3 heterocycles. The number of carbonyl (C=O) groups is 1. The average Bonchev–Trinajstić information content (AvgIpc) is 2.87. The molecule has 0 radical (unpaired) electrons.